The fourth-order valence-electron chi connectivity index (χ4n) is 2.32. The molecular formula is C13H17F2NO. The van der Waals surface area contributed by atoms with Gasteiger partial charge in [-0.15, -0.1) is 0 Å². The Kier molecular flexibility index (Phi) is 3.74. The van der Waals surface area contributed by atoms with Crippen LogP contribution in [0.2, 0.25) is 0 Å². The molecule has 0 amide bonds. The van der Waals surface area contributed by atoms with Crippen LogP contribution >= 0.6 is 0 Å². The molecule has 0 radical (unpaired) electrons. The van der Waals surface area contributed by atoms with Crippen LogP contribution in [0.4, 0.5) is 8.78 Å². The molecule has 1 aliphatic rings. The number of hydrogen-bond acceptors (Lipinski definition) is 2. The van der Waals surface area contributed by atoms with Crippen molar-refractivity contribution in [3.63, 3.8) is 0 Å². The molecule has 1 aromatic carbocycles. The molecular weight excluding hydrogens is 224 g/mol. The van der Waals surface area contributed by atoms with Crippen LogP contribution in [0, 0.1) is 11.6 Å². The van der Waals surface area contributed by atoms with Crippen LogP contribution < -0.4 is 0 Å². The van der Waals surface area contributed by atoms with Gasteiger partial charge in [0.2, 0.25) is 0 Å². The largest absolute Gasteiger partial charge is 0.373 e. The van der Waals surface area contributed by atoms with Crippen molar-refractivity contribution in [2.75, 3.05) is 13.1 Å². The summed E-state index contributed by atoms with van der Waals surface area (Å²) in [5.41, 5.74) is 0.409. The number of nitrogens with zero attached hydrogens (tertiary/aromatic N) is 1. The van der Waals surface area contributed by atoms with E-state index in [1.165, 1.54) is 12.1 Å². The molecule has 1 aliphatic heterocycles. The van der Waals surface area contributed by atoms with Crippen molar-refractivity contribution in [3.05, 3.63) is 35.4 Å². The third kappa shape index (κ3) is 3.23. The third-order valence-electron chi connectivity index (χ3n) is 2.90. The fourth-order valence-corrected chi connectivity index (χ4v) is 2.32. The van der Waals surface area contributed by atoms with E-state index in [4.69, 9.17) is 4.74 Å². The number of halogens is 2. The van der Waals surface area contributed by atoms with Gasteiger partial charge in [-0.25, -0.2) is 8.78 Å². The fraction of sp³-hybridized carbons (Fsp3) is 0.538. The van der Waals surface area contributed by atoms with Crippen LogP contribution in [0.15, 0.2) is 18.2 Å². The highest BCUT2D eigenvalue weighted by Crippen LogP contribution is 2.16. The molecule has 1 saturated heterocycles. The van der Waals surface area contributed by atoms with Gasteiger partial charge >= 0.3 is 0 Å². The van der Waals surface area contributed by atoms with Gasteiger partial charge in [-0.3, -0.25) is 4.90 Å². The Morgan fingerprint density at radius 1 is 1.24 bits per heavy atom. The minimum absolute atomic E-state index is 0.135. The van der Waals surface area contributed by atoms with Crippen LogP contribution in [0.5, 0.6) is 0 Å². The van der Waals surface area contributed by atoms with E-state index >= 15 is 0 Å². The number of morpholine rings is 1. The van der Waals surface area contributed by atoms with E-state index in [1.54, 1.807) is 0 Å². The van der Waals surface area contributed by atoms with Gasteiger partial charge in [0.25, 0.3) is 0 Å². The molecule has 2 atom stereocenters. The zero-order valence-electron chi connectivity index (χ0n) is 10.1. The van der Waals surface area contributed by atoms with Crippen molar-refractivity contribution in [2.24, 2.45) is 0 Å². The quantitative estimate of drug-likeness (QED) is 0.789. The molecule has 1 fully saturated rings. The van der Waals surface area contributed by atoms with E-state index in [2.05, 4.69) is 4.90 Å². The monoisotopic (exact) mass is 241 g/mol. The van der Waals surface area contributed by atoms with E-state index in [1.807, 2.05) is 13.8 Å². The Morgan fingerprint density at radius 2 is 1.88 bits per heavy atom. The van der Waals surface area contributed by atoms with Gasteiger partial charge in [0.15, 0.2) is 0 Å². The number of ether oxygens (including phenoxy) is 1. The van der Waals surface area contributed by atoms with Crippen molar-refractivity contribution < 1.29 is 13.5 Å². The maximum Gasteiger partial charge on any atom is 0.127 e. The third-order valence-corrected chi connectivity index (χ3v) is 2.90. The first-order valence-corrected chi connectivity index (χ1v) is 5.86. The van der Waals surface area contributed by atoms with E-state index in [9.17, 15) is 8.78 Å². The van der Waals surface area contributed by atoms with Gasteiger partial charge in [-0.2, -0.15) is 0 Å². The molecule has 2 rings (SSSR count). The highest BCUT2D eigenvalue weighted by Gasteiger charge is 2.22. The Bertz CT molecular complexity index is 387. The van der Waals surface area contributed by atoms with Crippen LogP contribution in [0.1, 0.15) is 19.4 Å². The zero-order valence-corrected chi connectivity index (χ0v) is 10.1. The summed E-state index contributed by atoms with van der Waals surface area (Å²) in [6.07, 6.45) is 0.269. The van der Waals surface area contributed by atoms with Gasteiger partial charge in [-0.1, -0.05) is 0 Å². The van der Waals surface area contributed by atoms with Crippen LogP contribution in [0.3, 0.4) is 0 Å². The number of benzene rings is 1. The first kappa shape index (κ1) is 12.5. The maximum atomic E-state index is 13.5. The van der Waals surface area contributed by atoms with Crippen molar-refractivity contribution in [3.8, 4) is 0 Å². The van der Waals surface area contributed by atoms with Gasteiger partial charge in [0, 0.05) is 25.2 Å². The lowest BCUT2D eigenvalue weighted by atomic mass is 10.1. The average molecular weight is 241 g/mol. The summed E-state index contributed by atoms with van der Waals surface area (Å²) in [7, 11) is 0. The van der Waals surface area contributed by atoms with Gasteiger partial charge in [0.05, 0.1) is 12.2 Å². The van der Waals surface area contributed by atoms with Crippen molar-refractivity contribution in [2.45, 2.75) is 32.6 Å². The predicted octanol–water partition coefficient (Wildman–Crippen LogP) is 2.57. The van der Waals surface area contributed by atoms with Gasteiger partial charge < -0.3 is 4.74 Å². The zero-order chi connectivity index (χ0) is 12.4. The second-order valence-corrected chi connectivity index (χ2v) is 4.69. The Labute approximate surface area is 100 Å². The smallest absolute Gasteiger partial charge is 0.127 e. The molecule has 4 heteroatoms. The summed E-state index contributed by atoms with van der Waals surface area (Å²) in [6.45, 7) is 5.91. The number of hydrogen-bond donors (Lipinski definition) is 0. The molecule has 0 bridgehead atoms. The minimum Gasteiger partial charge on any atom is -0.373 e. The first-order valence-electron chi connectivity index (χ1n) is 5.86. The molecule has 2 nitrogen and oxygen atoms in total. The molecule has 17 heavy (non-hydrogen) atoms. The maximum absolute atomic E-state index is 13.5. The second-order valence-electron chi connectivity index (χ2n) is 4.69. The standard InChI is InChI=1S/C13H17F2NO/c1-9-6-16(7-10(2)17-9)8-11-5-12(14)3-4-13(11)15/h3-5,9-10H,6-8H2,1-2H3/t9-,10-/m0/s1. The first-order chi connectivity index (χ1) is 8.04. The van der Waals surface area contributed by atoms with Crippen molar-refractivity contribution in [1.29, 1.82) is 0 Å². The molecule has 0 unspecified atom stereocenters. The summed E-state index contributed by atoms with van der Waals surface area (Å²) < 4.78 is 32.1. The molecule has 94 valence electrons. The molecule has 0 N–H and O–H groups in total. The highest BCUT2D eigenvalue weighted by atomic mass is 19.1. The van der Waals surface area contributed by atoms with Gasteiger partial charge in [-0.05, 0) is 32.0 Å². The summed E-state index contributed by atoms with van der Waals surface area (Å²) in [6, 6.07) is 3.58. The Balaban J connectivity index is 2.07. The van der Waals surface area contributed by atoms with Crippen molar-refractivity contribution in [1.82, 2.24) is 4.90 Å². The lowest BCUT2D eigenvalue weighted by molar-refractivity contribution is -0.0707. The highest BCUT2D eigenvalue weighted by molar-refractivity contribution is 5.18. The topological polar surface area (TPSA) is 12.5 Å². The Hall–Kier alpha value is -1.00. The lowest BCUT2D eigenvalue weighted by Gasteiger charge is -2.35. The SMILES string of the molecule is C[C@H]1CN(Cc2cc(F)ccc2F)C[C@H](C)O1. The van der Waals surface area contributed by atoms with E-state index in [-0.39, 0.29) is 18.0 Å². The minimum atomic E-state index is -0.393. The van der Waals surface area contributed by atoms with E-state index in [0.29, 0.717) is 12.1 Å². The predicted molar refractivity (Wildman–Crippen MR) is 61.6 cm³/mol. The molecule has 0 spiro atoms. The normalized spacial score (nSPS) is 26.1. The van der Waals surface area contributed by atoms with Crippen LogP contribution in [-0.4, -0.2) is 30.2 Å². The summed E-state index contributed by atoms with van der Waals surface area (Å²) in [5, 5.41) is 0. The molecule has 1 heterocycles. The van der Waals surface area contributed by atoms with Crippen LogP contribution in [0.25, 0.3) is 0 Å². The molecule has 0 aliphatic carbocycles. The lowest BCUT2D eigenvalue weighted by Crippen LogP contribution is -2.44. The second kappa shape index (κ2) is 5.10. The number of rotatable bonds is 2. The average Bonchev–Trinajstić information content (AvgIpc) is 2.22. The van der Waals surface area contributed by atoms with Crippen molar-refractivity contribution >= 4 is 0 Å². The van der Waals surface area contributed by atoms with Gasteiger partial charge in [0.1, 0.15) is 11.6 Å². The summed E-state index contributed by atoms with van der Waals surface area (Å²) in [5.74, 6) is -0.742. The van der Waals surface area contributed by atoms with Crippen LogP contribution in [-0.2, 0) is 11.3 Å². The van der Waals surface area contributed by atoms with E-state index in [0.717, 1.165) is 19.2 Å². The molecule has 0 aromatic heterocycles. The molecule has 1 aromatic rings. The Morgan fingerprint density at radius 3 is 2.53 bits per heavy atom. The molecule has 0 saturated carbocycles. The van der Waals surface area contributed by atoms with E-state index < -0.39 is 5.82 Å². The summed E-state index contributed by atoms with van der Waals surface area (Å²) >= 11 is 0. The summed E-state index contributed by atoms with van der Waals surface area (Å²) in [4.78, 5) is 2.09.